The monoisotopic (exact) mass is 677 g/mol. The first-order chi connectivity index (χ1) is 23.1. The lowest BCUT2D eigenvalue weighted by molar-refractivity contribution is -0.140. The van der Waals surface area contributed by atoms with Crippen LogP contribution in [0.5, 0.6) is 5.75 Å². The van der Waals surface area contributed by atoms with E-state index < -0.39 is 39.3 Å². The first kappa shape index (κ1) is 32.7. The highest BCUT2D eigenvalue weighted by molar-refractivity contribution is 7.09. The molecule has 0 saturated carbocycles. The Morgan fingerprint density at radius 3 is 2.12 bits per heavy atom. The Hall–Kier alpha value is -3.80. The van der Waals surface area contributed by atoms with Crippen molar-refractivity contribution in [1.82, 2.24) is 4.90 Å². The molecule has 246 valence electrons. The third-order valence-corrected chi connectivity index (χ3v) is 16.2. The van der Waals surface area contributed by atoms with Crippen LogP contribution >= 0.6 is 11.3 Å². The standard InChI is InChI=1S/C38H40BNO6SSi/c1-38(2,3)48(29-12-6-4-7-13-29,30-14-8-5-9-15-30)45-24-26-21-32-34(37(43)40(36(32)42)23-28-11-10-20-47-28)31-22-33(46-39(44)35(26)31)25-16-18-27(41)19-17-25/h4-20,31-34,41,44H,21-24H2,1-3H3/t31-,32-,33-,34+/m0/s1. The Kier molecular flexibility index (Phi) is 8.80. The molecule has 0 bridgehead atoms. The predicted molar refractivity (Wildman–Crippen MR) is 190 cm³/mol. The molecule has 4 atom stereocenters. The number of allylic oxidation sites excluding steroid dienone is 1. The van der Waals surface area contributed by atoms with E-state index in [0.717, 1.165) is 26.4 Å². The number of phenolic OH excluding ortho intramolecular Hbond substituents is 1. The van der Waals surface area contributed by atoms with Crippen molar-refractivity contribution in [3.05, 3.63) is 124 Å². The second kappa shape index (κ2) is 12.9. The van der Waals surface area contributed by atoms with E-state index in [0.29, 0.717) is 18.3 Å². The van der Waals surface area contributed by atoms with Crippen LogP contribution in [-0.4, -0.2) is 48.9 Å². The average Bonchev–Trinajstić information content (AvgIpc) is 3.68. The second-order valence-corrected chi connectivity index (χ2v) is 19.4. The summed E-state index contributed by atoms with van der Waals surface area (Å²) in [6, 6.07) is 31.4. The highest BCUT2D eigenvalue weighted by atomic mass is 32.1. The number of nitrogens with zero attached hydrogens (tertiary/aromatic N) is 1. The summed E-state index contributed by atoms with van der Waals surface area (Å²) in [6.45, 7) is 7.12. The fraction of sp³-hybridized carbons (Fsp3) is 0.316. The molecule has 3 aromatic carbocycles. The number of fused-ring (bicyclic) bond motifs is 3. The number of thiophene rings is 1. The molecule has 0 unspecified atom stereocenters. The third-order valence-electron chi connectivity index (χ3n) is 10.3. The smallest absolute Gasteiger partial charge is 0.487 e. The third kappa shape index (κ3) is 5.69. The normalized spacial score (nSPS) is 23.0. The molecule has 7 rings (SSSR count). The number of imide groups is 1. The number of rotatable bonds is 8. The van der Waals surface area contributed by atoms with Crippen LogP contribution < -0.4 is 10.4 Å². The Balaban J connectivity index is 1.30. The molecule has 3 heterocycles. The van der Waals surface area contributed by atoms with Gasteiger partial charge in [-0.05, 0) is 74.4 Å². The summed E-state index contributed by atoms with van der Waals surface area (Å²) in [5.41, 5.74) is 2.30. The molecule has 1 aromatic heterocycles. The Morgan fingerprint density at radius 2 is 1.54 bits per heavy atom. The lowest BCUT2D eigenvalue weighted by atomic mass is 9.55. The summed E-state index contributed by atoms with van der Waals surface area (Å²) in [6.07, 6.45) is 0.235. The number of hydrogen-bond acceptors (Lipinski definition) is 7. The molecule has 1 aliphatic carbocycles. The van der Waals surface area contributed by atoms with Crippen LogP contribution in [0.3, 0.4) is 0 Å². The van der Waals surface area contributed by atoms with Gasteiger partial charge in [0.05, 0.1) is 31.1 Å². The maximum atomic E-state index is 14.2. The van der Waals surface area contributed by atoms with E-state index in [-0.39, 0.29) is 35.8 Å². The zero-order valence-corrected chi connectivity index (χ0v) is 29.2. The van der Waals surface area contributed by atoms with Crippen molar-refractivity contribution >= 4 is 49.0 Å². The topological polar surface area (TPSA) is 96.3 Å². The van der Waals surface area contributed by atoms with Crippen LogP contribution in [0, 0.1) is 17.8 Å². The van der Waals surface area contributed by atoms with Crippen molar-refractivity contribution in [2.75, 3.05) is 6.61 Å². The van der Waals surface area contributed by atoms with Crippen LogP contribution in [0.15, 0.2) is 113 Å². The van der Waals surface area contributed by atoms with Crippen molar-refractivity contribution in [2.45, 2.75) is 51.3 Å². The molecule has 3 aliphatic rings. The van der Waals surface area contributed by atoms with E-state index in [1.54, 1.807) is 24.3 Å². The molecule has 7 nitrogen and oxygen atoms in total. The Morgan fingerprint density at radius 1 is 0.896 bits per heavy atom. The van der Waals surface area contributed by atoms with Crippen molar-refractivity contribution in [3.63, 3.8) is 0 Å². The van der Waals surface area contributed by atoms with E-state index in [4.69, 9.17) is 9.08 Å². The fourth-order valence-corrected chi connectivity index (χ4v) is 13.4. The molecular formula is C38H40BNO6SSi. The van der Waals surface area contributed by atoms with Gasteiger partial charge >= 0.3 is 7.12 Å². The first-order valence-corrected chi connectivity index (χ1v) is 19.3. The molecule has 2 saturated heterocycles. The Bertz CT molecular complexity index is 1770. The number of amides is 2. The fourth-order valence-electron chi connectivity index (χ4n) is 8.18. The number of carbonyl (C=O) groups is 2. The van der Waals surface area contributed by atoms with Crippen molar-refractivity contribution in [2.24, 2.45) is 17.8 Å². The molecule has 2 amide bonds. The predicted octanol–water partition coefficient (Wildman–Crippen LogP) is 5.63. The molecule has 4 aromatic rings. The number of hydrogen-bond donors (Lipinski definition) is 2. The minimum absolute atomic E-state index is 0.136. The summed E-state index contributed by atoms with van der Waals surface area (Å²) < 4.78 is 13.6. The molecule has 48 heavy (non-hydrogen) atoms. The quantitative estimate of drug-likeness (QED) is 0.186. The van der Waals surface area contributed by atoms with Gasteiger partial charge in [0.1, 0.15) is 5.75 Å². The van der Waals surface area contributed by atoms with E-state index in [1.807, 2.05) is 53.9 Å². The van der Waals surface area contributed by atoms with Crippen molar-refractivity contribution in [3.8, 4) is 5.75 Å². The lowest BCUT2D eigenvalue weighted by Gasteiger charge is -2.45. The molecule has 0 radical (unpaired) electrons. The second-order valence-electron chi connectivity index (χ2n) is 14.1. The number of carbonyl (C=O) groups excluding carboxylic acids is 2. The van der Waals surface area contributed by atoms with Gasteiger partial charge < -0.3 is 19.2 Å². The zero-order valence-electron chi connectivity index (χ0n) is 27.4. The van der Waals surface area contributed by atoms with Gasteiger partial charge in [-0.25, -0.2) is 0 Å². The van der Waals surface area contributed by atoms with Crippen molar-refractivity contribution in [1.29, 1.82) is 0 Å². The van der Waals surface area contributed by atoms with Gasteiger partial charge in [-0.1, -0.05) is 99.6 Å². The average molecular weight is 678 g/mol. The summed E-state index contributed by atoms with van der Waals surface area (Å²) in [7, 11) is -4.21. The number of aromatic hydroxyl groups is 1. The summed E-state index contributed by atoms with van der Waals surface area (Å²) >= 11 is 1.53. The van der Waals surface area contributed by atoms with E-state index in [2.05, 4.69) is 45.0 Å². The summed E-state index contributed by atoms with van der Waals surface area (Å²) in [4.78, 5) is 30.6. The Labute approximate surface area is 287 Å². The molecular weight excluding hydrogens is 637 g/mol. The highest BCUT2D eigenvalue weighted by Crippen LogP contribution is 2.52. The van der Waals surface area contributed by atoms with Gasteiger partial charge in [-0.15, -0.1) is 11.3 Å². The minimum atomic E-state index is -2.95. The SMILES string of the molecule is CC(C)(C)[Si](OCC1=C2B(O)O[C@H](c3ccc(O)cc3)C[C@H]2[C@H]2C(=O)N(Cc3cccs3)C(=O)[C@H]2C1)(c1ccccc1)c1ccccc1. The maximum absolute atomic E-state index is 14.2. The highest BCUT2D eigenvalue weighted by Gasteiger charge is 2.58. The number of likely N-dealkylation sites (tertiary alicyclic amines) is 1. The van der Waals surface area contributed by atoms with Crippen LogP contribution in [0.25, 0.3) is 0 Å². The van der Waals surface area contributed by atoms with Gasteiger partial charge in [0.2, 0.25) is 11.8 Å². The van der Waals surface area contributed by atoms with E-state index in [9.17, 15) is 19.7 Å². The lowest BCUT2D eigenvalue weighted by Crippen LogP contribution is -2.66. The number of benzene rings is 3. The van der Waals surface area contributed by atoms with Gasteiger partial charge in [0.15, 0.2) is 0 Å². The summed E-state index contributed by atoms with van der Waals surface area (Å²) in [5.74, 6) is -1.77. The van der Waals surface area contributed by atoms with Gasteiger partial charge in [0.25, 0.3) is 8.32 Å². The van der Waals surface area contributed by atoms with Crippen molar-refractivity contribution < 1.29 is 28.8 Å². The molecule has 2 N–H and O–H groups in total. The molecule has 2 aliphatic heterocycles. The van der Waals surface area contributed by atoms with Gasteiger partial charge in [-0.3, -0.25) is 14.5 Å². The summed E-state index contributed by atoms with van der Waals surface area (Å²) in [5, 5.41) is 25.6. The van der Waals surface area contributed by atoms with E-state index in [1.165, 1.54) is 16.2 Å². The number of phenols is 1. The zero-order chi connectivity index (χ0) is 33.6. The van der Waals surface area contributed by atoms with Crippen LogP contribution in [0.2, 0.25) is 5.04 Å². The molecule has 2 fully saturated rings. The molecule has 10 heteroatoms. The molecule has 0 spiro atoms. The minimum Gasteiger partial charge on any atom is -0.508 e. The maximum Gasteiger partial charge on any atom is 0.487 e. The van der Waals surface area contributed by atoms with Gasteiger partial charge in [0, 0.05) is 4.88 Å². The van der Waals surface area contributed by atoms with Crippen LogP contribution in [0.1, 0.15) is 50.2 Å². The first-order valence-electron chi connectivity index (χ1n) is 16.6. The van der Waals surface area contributed by atoms with E-state index >= 15 is 0 Å². The van der Waals surface area contributed by atoms with Gasteiger partial charge in [-0.2, -0.15) is 0 Å². The van der Waals surface area contributed by atoms with Crippen LogP contribution in [0.4, 0.5) is 0 Å². The van der Waals surface area contributed by atoms with Crippen LogP contribution in [-0.2, 0) is 25.2 Å². The largest absolute Gasteiger partial charge is 0.508 e.